The van der Waals surface area contributed by atoms with Gasteiger partial charge in [-0.3, -0.25) is 4.79 Å². The highest BCUT2D eigenvalue weighted by molar-refractivity contribution is 6.17. The molecule has 1 aliphatic carbocycles. The van der Waals surface area contributed by atoms with Crippen LogP contribution in [0.1, 0.15) is 40.7 Å². The second kappa shape index (κ2) is 6.54. The van der Waals surface area contributed by atoms with Crippen LogP contribution in [0, 0.1) is 25.2 Å². The molecule has 3 aliphatic rings. The molecule has 2 aromatic rings. The van der Waals surface area contributed by atoms with Crippen LogP contribution in [-0.2, 0) is 16.6 Å². The Bertz CT molecular complexity index is 1240. The summed E-state index contributed by atoms with van der Waals surface area (Å²) in [5.41, 5.74) is 6.98. The molecule has 0 radical (unpaired) electrons. The lowest BCUT2D eigenvalue weighted by atomic mass is 9.91. The first-order chi connectivity index (χ1) is 14.8. The number of fused-ring (bicyclic) bond motifs is 2. The van der Waals surface area contributed by atoms with Crippen LogP contribution in [0.3, 0.4) is 0 Å². The molecular formula is C24H21N5O2. The third-order valence-electron chi connectivity index (χ3n) is 6.38. The van der Waals surface area contributed by atoms with Crippen molar-refractivity contribution < 1.29 is 9.59 Å². The Hall–Kier alpha value is -3.92. The summed E-state index contributed by atoms with van der Waals surface area (Å²) in [6.45, 7) is 7.65. The van der Waals surface area contributed by atoms with E-state index in [1.165, 1.54) is 5.01 Å². The smallest absolute Gasteiger partial charge is 0.325 e. The van der Waals surface area contributed by atoms with E-state index in [1.54, 1.807) is 0 Å². The molecule has 154 valence electrons. The third-order valence-corrected chi connectivity index (χ3v) is 6.38. The number of benzene rings is 2. The van der Waals surface area contributed by atoms with Crippen LogP contribution in [0.15, 0.2) is 47.7 Å². The van der Waals surface area contributed by atoms with Gasteiger partial charge in [0.25, 0.3) is 0 Å². The highest BCUT2D eigenvalue weighted by Crippen LogP contribution is 2.55. The molecular weight excluding hydrogens is 390 g/mol. The summed E-state index contributed by atoms with van der Waals surface area (Å²) in [6.07, 6.45) is 2.56. The molecule has 0 saturated heterocycles. The lowest BCUT2D eigenvalue weighted by molar-refractivity contribution is -0.117. The van der Waals surface area contributed by atoms with Gasteiger partial charge in [0.1, 0.15) is 6.07 Å². The Morgan fingerprint density at radius 3 is 2.52 bits per heavy atom. The summed E-state index contributed by atoms with van der Waals surface area (Å²) in [6, 6.07) is 11.5. The zero-order valence-electron chi connectivity index (χ0n) is 17.4. The number of hydrogen-bond acceptors (Lipinski definition) is 4. The predicted molar refractivity (Wildman–Crippen MR) is 118 cm³/mol. The van der Waals surface area contributed by atoms with Gasteiger partial charge in [-0.2, -0.15) is 15.4 Å². The zero-order valence-corrected chi connectivity index (χ0v) is 17.4. The number of allylic oxidation sites excluding steroid dienone is 1. The van der Waals surface area contributed by atoms with Gasteiger partial charge < -0.3 is 10.6 Å². The normalized spacial score (nSPS) is 18.3. The van der Waals surface area contributed by atoms with Crippen LogP contribution in [-0.4, -0.2) is 17.6 Å². The van der Waals surface area contributed by atoms with Crippen LogP contribution < -0.4 is 15.6 Å². The fraction of sp³-hybridized carbons (Fsp3) is 0.250. The lowest BCUT2D eigenvalue weighted by Gasteiger charge is -2.24. The molecule has 0 bridgehead atoms. The molecule has 1 saturated carbocycles. The highest BCUT2D eigenvalue weighted by atomic mass is 16.2. The highest BCUT2D eigenvalue weighted by Gasteiger charge is 2.56. The van der Waals surface area contributed by atoms with Gasteiger partial charge in [0.2, 0.25) is 5.91 Å². The molecule has 1 spiro atoms. The number of nitrogens with one attached hydrogen (secondary N) is 2. The van der Waals surface area contributed by atoms with E-state index >= 15 is 0 Å². The summed E-state index contributed by atoms with van der Waals surface area (Å²) >= 11 is 0. The fourth-order valence-electron chi connectivity index (χ4n) is 4.48. The summed E-state index contributed by atoms with van der Waals surface area (Å²) < 4.78 is 0. The Labute approximate surface area is 180 Å². The lowest BCUT2D eigenvalue weighted by Crippen LogP contribution is -2.43. The number of amides is 3. The Morgan fingerprint density at radius 1 is 1.16 bits per heavy atom. The van der Waals surface area contributed by atoms with Crippen molar-refractivity contribution in [2.75, 3.05) is 10.3 Å². The molecule has 0 unspecified atom stereocenters. The molecule has 31 heavy (non-hydrogen) atoms. The molecule has 5 rings (SSSR count). The predicted octanol–water partition coefficient (Wildman–Crippen LogP) is 3.80. The molecule has 0 aromatic heterocycles. The Kier molecular flexibility index (Phi) is 4.02. The van der Waals surface area contributed by atoms with Crippen molar-refractivity contribution >= 4 is 29.0 Å². The first-order valence-corrected chi connectivity index (χ1v) is 10.2. The summed E-state index contributed by atoms with van der Waals surface area (Å²) in [7, 11) is 0. The van der Waals surface area contributed by atoms with Crippen LogP contribution >= 0.6 is 0 Å². The number of aryl methyl sites for hydroxylation is 2. The van der Waals surface area contributed by atoms with Crippen molar-refractivity contribution in [3.8, 4) is 6.07 Å². The first kappa shape index (κ1) is 19.1. The van der Waals surface area contributed by atoms with Crippen molar-refractivity contribution in [3.63, 3.8) is 0 Å². The average Bonchev–Trinajstić information content (AvgIpc) is 3.48. The number of carbonyl (C=O) groups excluding carboxylic acids is 2. The van der Waals surface area contributed by atoms with E-state index in [1.807, 2.05) is 38.1 Å². The zero-order chi connectivity index (χ0) is 21.9. The van der Waals surface area contributed by atoms with Gasteiger partial charge in [-0.25, -0.2) is 4.79 Å². The van der Waals surface area contributed by atoms with Gasteiger partial charge in [0.05, 0.1) is 16.8 Å². The van der Waals surface area contributed by atoms with E-state index in [-0.39, 0.29) is 22.7 Å². The number of nitriles is 1. The monoisotopic (exact) mass is 411 g/mol. The van der Waals surface area contributed by atoms with Gasteiger partial charge in [0.15, 0.2) is 5.71 Å². The minimum Gasteiger partial charge on any atom is -0.325 e. The van der Waals surface area contributed by atoms with Crippen LogP contribution in [0.4, 0.5) is 16.2 Å². The van der Waals surface area contributed by atoms with Gasteiger partial charge in [-0.15, -0.1) is 0 Å². The minimum atomic E-state index is -0.443. The van der Waals surface area contributed by atoms with Crippen LogP contribution in [0.5, 0.6) is 0 Å². The molecule has 1 fully saturated rings. The fourth-order valence-corrected chi connectivity index (χ4v) is 4.48. The first-order valence-electron chi connectivity index (χ1n) is 10.2. The van der Waals surface area contributed by atoms with E-state index in [0.717, 1.165) is 52.8 Å². The van der Waals surface area contributed by atoms with Gasteiger partial charge in [-0.05, 0) is 79.1 Å². The topological polar surface area (TPSA) is 97.6 Å². The molecule has 3 amide bonds. The third kappa shape index (κ3) is 2.91. The van der Waals surface area contributed by atoms with E-state index < -0.39 is 6.03 Å². The summed E-state index contributed by atoms with van der Waals surface area (Å²) in [5.74, 6) is 0.121. The average molecular weight is 411 g/mol. The van der Waals surface area contributed by atoms with Crippen LogP contribution in [0.25, 0.3) is 0 Å². The second-order valence-corrected chi connectivity index (χ2v) is 8.43. The van der Waals surface area contributed by atoms with Crippen molar-refractivity contribution in [1.82, 2.24) is 5.32 Å². The van der Waals surface area contributed by atoms with E-state index in [4.69, 9.17) is 0 Å². The largest absolute Gasteiger partial charge is 0.347 e. The maximum absolute atomic E-state index is 12.4. The number of carbonyl (C=O) groups is 2. The standard InChI is InChI=1S/C24H21N5O2/c1-13-8-17(29-23(31)26-15(3)21(12-25)28-29)9-14(2)18(13)10-16-4-5-20-19(11-16)24(6-7-24)22(30)27-20/h4-5,8-9,11H,3,6-7,10H2,1-2H3,(H,26,31)(H,27,30). The number of anilines is 2. The SMILES string of the molecule is C=C1NC(=O)N(c2cc(C)c(Cc3ccc4c(c3)C3(CC3)C(=O)N4)c(C)c2)N=C1C#N. The number of urea groups is 1. The molecule has 2 N–H and O–H groups in total. The van der Waals surface area contributed by atoms with E-state index in [9.17, 15) is 14.9 Å². The maximum atomic E-state index is 12.4. The molecule has 7 nitrogen and oxygen atoms in total. The number of nitrogens with zero attached hydrogens (tertiary/aromatic N) is 3. The molecule has 0 atom stereocenters. The Morgan fingerprint density at radius 2 is 1.87 bits per heavy atom. The second-order valence-electron chi connectivity index (χ2n) is 8.43. The number of rotatable bonds is 3. The number of hydrazone groups is 1. The van der Waals surface area contributed by atoms with Gasteiger partial charge in [0, 0.05) is 5.69 Å². The van der Waals surface area contributed by atoms with Gasteiger partial charge >= 0.3 is 6.03 Å². The van der Waals surface area contributed by atoms with Crippen molar-refractivity contribution in [2.45, 2.75) is 38.5 Å². The molecule has 7 heteroatoms. The van der Waals surface area contributed by atoms with E-state index in [2.05, 4.69) is 34.4 Å². The van der Waals surface area contributed by atoms with Crippen molar-refractivity contribution in [3.05, 3.63) is 70.4 Å². The maximum Gasteiger partial charge on any atom is 0.347 e. The van der Waals surface area contributed by atoms with Crippen molar-refractivity contribution in [1.29, 1.82) is 5.26 Å². The van der Waals surface area contributed by atoms with Crippen molar-refractivity contribution in [2.24, 2.45) is 5.10 Å². The summed E-state index contributed by atoms with van der Waals surface area (Å²) in [5, 5.41) is 20.1. The number of hydrogen-bond donors (Lipinski definition) is 2. The van der Waals surface area contributed by atoms with Crippen LogP contribution in [0.2, 0.25) is 0 Å². The Balaban J connectivity index is 1.47. The molecule has 2 aromatic carbocycles. The molecule has 2 aliphatic heterocycles. The summed E-state index contributed by atoms with van der Waals surface area (Å²) in [4.78, 5) is 24.7. The van der Waals surface area contributed by atoms with Gasteiger partial charge in [-0.1, -0.05) is 18.7 Å². The molecule has 2 heterocycles. The quantitative estimate of drug-likeness (QED) is 0.804. The minimum absolute atomic E-state index is 0.0780. The van der Waals surface area contributed by atoms with E-state index in [0.29, 0.717) is 5.69 Å².